The average Bonchev–Trinajstić information content (AvgIpc) is 2.25. The highest BCUT2D eigenvalue weighted by Gasteiger charge is 2.44. The molecular weight excluding hydrogens is 263 g/mol. The van der Waals surface area contributed by atoms with Crippen molar-refractivity contribution in [3.05, 3.63) is 0 Å². The number of hydrogen-bond donors (Lipinski definition) is 2. The van der Waals surface area contributed by atoms with Gasteiger partial charge in [0.05, 0.1) is 6.10 Å². The van der Waals surface area contributed by atoms with Gasteiger partial charge in [-0.15, -0.1) is 0 Å². The van der Waals surface area contributed by atoms with Crippen molar-refractivity contribution in [3.63, 3.8) is 0 Å². The molecule has 0 aromatic rings. The predicted octanol–water partition coefficient (Wildman–Crippen LogP) is 2.33. The van der Waals surface area contributed by atoms with Crippen LogP contribution in [0.3, 0.4) is 0 Å². The van der Waals surface area contributed by atoms with Gasteiger partial charge in [-0.25, -0.2) is 0 Å². The number of carboxylic acids is 1. The van der Waals surface area contributed by atoms with Crippen LogP contribution in [0, 0.1) is 0 Å². The summed E-state index contributed by atoms with van der Waals surface area (Å²) in [6, 6.07) is -0.0579. The first-order valence-corrected chi connectivity index (χ1v) is 6.34. The summed E-state index contributed by atoms with van der Waals surface area (Å²) in [6.07, 6.45) is -3.57. The van der Waals surface area contributed by atoms with Gasteiger partial charge < -0.3 is 9.84 Å². The molecule has 112 valence electrons. The average molecular weight is 283 g/mol. The molecule has 1 aliphatic rings. The minimum atomic E-state index is -4.38. The van der Waals surface area contributed by atoms with Gasteiger partial charge in [-0.05, 0) is 33.1 Å². The van der Waals surface area contributed by atoms with Crippen molar-refractivity contribution in [1.82, 2.24) is 5.32 Å². The molecule has 0 amide bonds. The van der Waals surface area contributed by atoms with Crippen molar-refractivity contribution < 1.29 is 27.8 Å². The molecule has 2 unspecified atom stereocenters. The normalized spacial score (nSPS) is 28.6. The van der Waals surface area contributed by atoms with Gasteiger partial charge in [-0.1, -0.05) is 0 Å². The number of nitrogens with one attached hydrogen (secondary N) is 1. The number of aliphatic carboxylic acids is 1. The van der Waals surface area contributed by atoms with Gasteiger partial charge in [0.25, 0.3) is 0 Å². The quantitative estimate of drug-likeness (QED) is 0.813. The van der Waals surface area contributed by atoms with E-state index in [-0.39, 0.29) is 12.5 Å². The molecule has 0 heterocycles. The fourth-order valence-corrected chi connectivity index (χ4v) is 2.52. The largest absolute Gasteiger partial charge is 0.480 e. The molecule has 2 atom stereocenters. The van der Waals surface area contributed by atoms with E-state index in [0.29, 0.717) is 19.3 Å². The second kappa shape index (κ2) is 6.09. The Labute approximate surface area is 110 Å². The smallest absolute Gasteiger partial charge is 0.411 e. The van der Waals surface area contributed by atoms with Crippen LogP contribution in [0.5, 0.6) is 0 Å². The maximum absolute atomic E-state index is 12.1. The first kappa shape index (κ1) is 16.2. The SMILES string of the molecule is CC(C)NC1(C(=O)O)CCCC(OCC(F)(F)F)C1. The lowest BCUT2D eigenvalue weighted by molar-refractivity contribution is -0.191. The van der Waals surface area contributed by atoms with Gasteiger partial charge in [0, 0.05) is 12.5 Å². The van der Waals surface area contributed by atoms with E-state index >= 15 is 0 Å². The summed E-state index contributed by atoms with van der Waals surface area (Å²) in [5.41, 5.74) is -1.18. The van der Waals surface area contributed by atoms with E-state index in [2.05, 4.69) is 5.32 Å². The highest BCUT2D eigenvalue weighted by molar-refractivity contribution is 5.79. The van der Waals surface area contributed by atoms with E-state index in [1.54, 1.807) is 0 Å². The first-order chi connectivity index (χ1) is 8.65. The summed E-state index contributed by atoms with van der Waals surface area (Å²) >= 11 is 0. The van der Waals surface area contributed by atoms with Crippen molar-refractivity contribution in [2.75, 3.05) is 6.61 Å². The summed E-state index contributed by atoms with van der Waals surface area (Å²) < 4.78 is 41.2. The Morgan fingerprint density at radius 2 is 2.16 bits per heavy atom. The Morgan fingerprint density at radius 3 is 2.63 bits per heavy atom. The number of halogens is 3. The van der Waals surface area contributed by atoms with Crippen molar-refractivity contribution in [2.45, 2.75) is 63.4 Å². The topological polar surface area (TPSA) is 58.6 Å². The third kappa shape index (κ3) is 4.99. The second-order valence-corrected chi connectivity index (χ2v) is 5.33. The number of hydrogen-bond acceptors (Lipinski definition) is 3. The van der Waals surface area contributed by atoms with E-state index in [1.807, 2.05) is 13.8 Å². The molecule has 7 heteroatoms. The van der Waals surface area contributed by atoms with Crippen molar-refractivity contribution in [1.29, 1.82) is 0 Å². The van der Waals surface area contributed by atoms with Crippen LogP contribution in [0.25, 0.3) is 0 Å². The van der Waals surface area contributed by atoms with Crippen LogP contribution in [-0.2, 0) is 9.53 Å². The molecule has 19 heavy (non-hydrogen) atoms. The van der Waals surface area contributed by atoms with Gasteiger partial charge >= 0.3 is 12.1 Å². The van der Waals surface area contributed by atoms with Crippen LogP contribution in [0.2, 0.25) is 0 Å². The molecule has 1 rings (SSSR count). The van der Waals surface area contributed by atoms with Crippen molar-refractivity contribution in [2.24, 2.45) is 0 Å². The molecule has 0 spiro atoms. The predicted molar refractivity (Wildman–Crippen MR) is 62.9 cm³/mol. The molecule has 1 aliphatic carbocycles. The van der Waals surface area contributed by atoms with Gasteiger partial charge in [0.2, 0.25) is 0 Å². The molecule has 0 aliphatic heterocycles. The summed E-state index contributed by atoms with van der Waals surface area (Å²) in [5.74, 6) is -1.03. The molecule has 2 N–H and O–H groups in total. The van der Waals surface area contributed by atoms with E-state index < -0.39 is 30.4 Å². The zero-order chi connectivity index (χ0) is 14.7. The van der Waals surface area contributed by atoms with Crippen LogP contribution in [0.4, 0.5) is 13.2 Å². The molecule has 4 nitrogen and oxygen atoms in total. The Balaban J connectivity index is 2.66. The Kier molecular flexibility index (Phi) is 5.20. The highest BCUT2D eigenvalue weighted by Crippen LogP contribution is 2.32. The molecule has 1 fully saturated rings. The molecule has 0 bridgehead atoms. The number of carbonyl (C=O) groups is 1. The molecule has 0 saturated heterocycles. The number of rotatable bonds is 5. The number of ether oxygens (including phenoxy) is 1. The molecular formula is C12H20F3NO3. The van der Waals surface area contributed by atoms with E-state index in [9.17, 15) is 23.1 Å². The second-order valence-electron chi connectivity index (χ2n) is 5.33. The molecule has 0 aromatic heterocycles. The fraction of sp³-hybridized carbons (Fsp3) is 0.917. The molecule has 1 saturated carbocycles. The first-order valence-electron chi connectivity index (χ1n) is 6.34. The van der Waals surface area contributed by atoms with E-state index in [1.165, 1.54) is 0 Å². The zero-order valence-corrected chi connectivity index (χ0v) is 11.1. The van der Waals surface area contributed by atoms with Gasteiger partial charge in [-0.2, -0.15) is 13.2 Å². The summed E-state index contributed by atoms with van der Waals surface area (Å²) in [7, 11) is 0. The standard InChI is InChI=1S/C12H20F3NO3/c1-8(2)16-11(10(17)18)5-3-4-9(6-11)19-7-12(13,14)15/h8-9,16H,3-7H2,1-2H3,(H,17,18). The van der Waals surface area contributed by atoms with Crippen molar-refractivity contribution in [3.8, 4) is 0 Å². The lowest BCUT2D eigenvalue weighted by atomic mass is 9.79. The van der Waals surface area contributed by atoms with Crippen molar-refractivity contribution >= 4 is 5.97 Å². The van der Waals surface area contributed by atoms with Crippen LogP contribution in [0.1, 0.15) is 39.5 Å². The highest BCUT2D eigenvalue weighted by atomic mass is 19.4. The van der Waals surface area contributed by atoms with Crippen LogP contribution >= 0.6 is 0 Å². The number of carboxylic acid groups (broad SMARTS) is 1. The fourth-order valence-electron chi connectivity index (χ4n) is 2.52. The van der Waals surface area contributed by atoms with Gasteiger partial charge in [-0.3, -0.25) is 10.1 Å². The maximum Gasteiger partial charge on any atom is 0.411 e. The summed E-state index contributed by atoms with van der Waals surface area (Å²) in [4.78, 5) is 11.4. The van der Waals surface area contributed by atoms with Gasteiger partial charge in [0.1, 0.15) is 12.1 Å². The Morgan fingerprint density at radius 1 is 1.53 bits per heavy atom. The number of alkyl halides is 3. The Bertz CT molecular complexity index is 320. The summed E-state index contributed by atoms with van der Waals surface area (Å²) in [6.45, 7) is 2.30. The lowest BCUT2D eigenvalue weighted by Gasteiger charge is -2.39. The van der Waals surface area contributed by atoms with E-state index in [4.69, 9.17) is 4.74 Å². The monoisotopic (exact) mass is 283 g/mol. The Hall–Kier alpha value is -0.820. The van der Waals surface area contributed by atoms with Crippen LogP contribution in [0.15, 0.2) is 0 Å². The van der Waals surface area contributed by atoms with Crippen LogP contribution in [-0.4, -0.2) is 41.5 Å². The minimum Gasteiger partial charge on any atom is -0.480 e. The summed E-state index contributed by atoms with van der Waals surface area (Å²) in [5, 5.41) is 12.3. The molecule has 0 aromatic carbocycles. The third-order valence-electron chi connectivity index (χ3n) is 3.16. The van der Waals surface area contributed by atoms with Gasteiger partial charge in [0.15, 0.2) is 0 Å². The van der Waals surface area contributed by atoms with E-state index in [0.717, 1.165) is 0 Å². The lowest BCUT2D eigenvalue weighted by Crippen LogP contribution is -2.58. The zero-order valence-electron chi connectivity index (χ0n) is 11.1. The maximum atomic E-state index is 12.1. The third-order valence-corrected chi connectivity index (χ3v) is 3.16. The minimum absolute atomic E-state index is 0.0579. The molecule has 0 radical (unpaired) electrons. The van der Waals surface area contributed by atoms with Crippen LogP contribution < -0.4 is 5.32 Å².